The molecule has 1 N–H and O–H groups in total. The van der Waals surface area contributed by atoms with E-state index in [2.05, 4.69) is 5.32 Å². The molecule has 0 saturated heterocycles. The van der Waals surface area contributed by atoms with Crippen LogP contribution in [0.3, 0.4) is 0 Å². The fourth-order valence-corrected chi connectivity index (χ4v) is 3.88. The standard InChI is InChI=1S/C17H15NO4S/c1-12(19)18-17-14-9-5-6-10-15(14)22-11-16(17)23(20,21)13-7-3-2-4-8-13/h2-10H,11H2,1H3,(H,18,19). The van der Waals surface area contributed by atoms with E-state index < -0.39 is 9.84 Å². The second-order valence-corrected chi connectivity index (χ2v) is 7.05. The Morgan fingerprint density at radius 1 is 1.04 bits per heavy atom. The van der Waals surface area contributed by atoms with Crippen molar-refractivity contribution in [1.29, 1.82) is 0 Å². The van der Waals surface area contributed by atoms with Gasteiger partial charge in [-0.2, -0.15) is 0 Å². The summed E-state index contributed by atoms with van der Waals surface area (Å²) in [5.74, 6) is 0.209. The highest BCUT2D eigenvalue weighted by atomic mass is 32.2. The van der Waals surface area contributed by atoms with Gasteiger partial charge in [-0.25, -0.2) is 8.42 Å². The second-order valence-electron chi connectivity index (χ2n) is 5.08. The quantitative estimate of drug-likeness (QED) is 0.938. The third-order valence-corrected chi connectivity index (χ3v) is 5.34. The summed E-state index contributed by atoms with van der Waals surface area (Å²) in [6.07, 6.45) is 0. The monoisotopic (exact) mass is 329 g/mol. The van der Waals surface area contributed by atoms with E-state index in [1.54, 1.807) is 42.5 Å². The van der Waals surface area contributed by atoms with Gasteiger partial charge in [-0.1, -0.05) is 30.3 Å². The number of hydrogen-bond acceptors (Lipinski definition) is 4. The summed E-state index contributed by atoms with van der Waals surface area (Å²) in [5.41, 5.74) is 0.839. The van der Waals surface area contributed by atoms with Crippen LogP contribution in [0.25, 0.3) is 5.70 Å². The number of ether oxygens (including phenoxy) is 1. The lowest BCUT2D eigenvalue weighted by molar-refractivity contribution is -0.117. The maximum absolute atomic E-state index is 12.9. The number of nitrogens with one attached hydrogen (secondary N) is 1. The Labute approximate surface area is 134 Å². The van der Waals surface area contributed by atoms with Crippen molar-refractivity contribution in [2.45, 2.75) is 11.8 Å². The minimum Gasteiger partial charge on any atom is -0.487 e. The lowest BCUT2D eigenvalue weighted by atomic mass is 10.1. The van der Waals surface area contributed by atoms with E-state index in [-0.39, 0.29) is 28.0 Å². The highest BCUT2D eigenvalue weighted by Gasteiger charge is 2.30. The Hall–Kier alpha value is -2.60. The molecule has 0 radical (unpaired) electrons. The molecule has 23 heavy (non-hydrogen) atoms. The Balaban J connectivity index is 2.22. The zero-order valence-corrected chi connectivity index (χ0v) is 13.3. The summed E-state index contributed by atoms with van der Waals surface area (Å²) in [6, 6.07) is 15.1. The third-order valence-electron chi connectivity index (χ3n) is 3.47. The minimum absolute atomic E-state index is 0.0533. The van der Waals surface area contributed by atoms with E-state index in [4.69, 9.17) is 4.74 Å². The predicted molar refractivity (Wildman–Crippen MR) is 86.3 cm³/mol. The molecule has 1 heterocycles. The van der Waals surface area contributed by atoms with Crippen molar-refractivity contribution in [2.24, 2.45) is 0 Å². The largest absolute Gasteiger partial charge is 0.487 e. The third kappa shape index (κ3) is 2.85. The maximum Gasteiger partial charge on any atom is 0.221 e. The van der Waals surface area contributed by atoms with Gasteiger partial charge in [0.1, 0.15) is 17.3 Å². The van der Waals surface area contributed by atoms with Gasteiger partial charge >= 0.3 is 0 Å². The molecular formula is C17H15NO4S. The number of para-hydroxylation sites is 1. The molecule has 0 unspecified atom stereocenters. The van der Waals surface area contributed by atoms with Crippen LogP contribution in [-0.2, 0) is 14.6 Å². The van der Waals surface area contributed by atoms with Crippen molar-refractivity contribution in [3.05, 3.63) is 65.1 Å². The molecule has 0 aromatic heterocycles. The van der Waals surface area contributed by atoms with Crippen LogP contribution in [0, 0.1) is 0 Å². The van der Waals surface area contributed by atoms with Gasteiger partial charge in [0, 0.05) is 12.5 Å². The Kier molecular flexibility index (Phi) is 3.92. The van der Waals surface area contributed by atoms with Gasteiger partial charge in [-0.15, -0.1) is 0 Å². The van der Waals surface area contributed by atoms with Crippen LogP contribution in [-0.4, -0.2) is 20.9 Å². The molecule has 1 aliphatic heterocycles. The highest BCUT2D eigenvalue weighted by molar-refractivity contribution is 7.95. The van der Waals surface area contributed by atoms with Crippen molar-refractivity contribution in [3.8, 4) is 5.75 Å². The molecule has 118 valence electrons. The second kappa shape index (κ2) is 5.89. The van der Waals surface area contributed by atoms with Gasteiger partial charge in [0.2, 0.25) is 15.7 Å². The lowest BCUT2D eigenvalue weighted by Crippen LogP contribution is -2.27. The first kappa shape index (κ1) is 15.3. The molecule has 1 amide bonds. The zero-order valence-electron chi connectivity index (χ0n) is 12.4. The minimum atomic E-state index is -3.76. The molecule has 0 aliphatic carbocycles. The fourth-order valence-electron chi connectivity index (χ4n) is 2.43. The predicted octanol–water partition coefficient (Wildman–Crippen LogP) is 2.36. The number of carbonyl (C=O) groups excluding carboxylic acids is 1. The van der Waals surface area contributed by atoms with Gasteiger partial charge in [0.15, 0.2) is 0 Å². The first-order chi connectivity index (χ1) is 11.0. The number of carbonyl (C=O) groups is 1. The van der Waals surface area contributed by atoms with E-state index in [1.807, 2.05) is 0 Å². The number of hydrogen-bond donors (Lipinski definition) is 1. The summed E-state index contributed by atoms with van der Waals surface area (Å²) in [5, 5.41) is 2.65. The summed E-state index contributed by atoms with van der Waals surface area (Å²) in [6.45, 7) is 1.22. The van der Waals surface area contributed by atoms with Crippen LogP contribution in [0.1, 0.15) is 12.5 Å². The maximum atomic E-state index is 12.9. The van der Waals surface area contributed by atoms with Crippen molar-refractivity contribution < 1.29 is 17.9 Å². The summed E-state index contributed by atoms with van der Waals surface area (Å²) in [7, 11) is -3.76. The first-order valence-corrected chi connectivity index (χ1v) is 8.51. The molecule has 0 bridgehead atoms. The van der Waals surface area contributed by atoms with Crippen LogP contribution in [0.5, 0.6) is 5.75 Å². The van der Waals surface area contributed by atoms with Crippen LogP contribution < -0.4 is 10.1 Å². The molecule has 0 spiro atoms. The number of rotatable bonds is 3. The SMILES string of the molecule is CC(=O)NC1=C(S(=O)(=O)c2ccccc2)COc2ccccc21. The number of benzene rings is 2. The van der Waals surface area contributed by atoms with E-state index in [0.29, 0.717) is 11.3 Å². The molecule has 0 fully saturated rings. The summed E-state index contributed by atoms with van der Waals surface area (Å²) in [4.78, 5) is 11.8. The smallest absolute Gasteiger partial charge is 0.221 e. The van der Waals surface area contributed by atoms with Crippen molar-refractivity contribution in [1.82, 2.24) is 5.32 Å². The van der Waals surface area contributed by atoms with Crippen LogP contribution >= 0.6 is 0 Å². The molecule has 1 aliphatic rings. The molecule has 6 heteroatoms. The van der Waals surface area contributed by atoms with E-state index >= 15 is 0 Å². The highest BCUT2D eigenvalue weighted by Crippen LogP contribution is 2.35. The average molecular weight is 329 g/mol. The van der Waals surface area contributed by atoms with Gasteiger partial charge in [0.05, 0.1) is 10.6 Å². The zero-order chi connectivity index (χ0) is 16.4. The van der Waals surface area contributed by atoms with E-state index in [1.165, 1.54) is 19.1 Å². The number of fused-ring (bicyclic) bond motifs is 1. The number of sulfone groups is 1. The number of amides is 1. The van der Waals surface area contributed by atoms with Crippen LogP contribution in [0.15, 0.2) is 64.4 Å². The van der Waals surface area contributed by atoms with Crippen molar-refractivity contribution >= 4 is 21.4 Å². The van der Waals surface area contributed by atoms with Gasteiger partial charge in [-0.05, 0) is 24.3 Å². The fraction of sp³-hybridized carbons (Fsp3) is 0.118. The van der Waals surface area contributed by atoms with Crippen molar-refractivity contribution in [2.75, 3.05) is 6.61 Å². The average Bonchev–Trinajstić information content (AvgIpc) is 2.55. The molecule has 0 atom stereocenters. The molecule has 2 aromatic carbocycles. The molecular weight excluding hydrogens is 314 g/mol. The molecule has 0 saturated carbocycles. The van der Waals surface area contributed by atoms with E-state index in [9.17, 15) is 13.2 Å². The van der Waals surface area contributed by atoms with Gasteiger partial charge in [0.25, 0.3) is 0 Å². The van der Waals surface area contributed by atoms with Gasteiger partial charge < -0.3 is 10.1 Å². The van der Waals surface area contributed by atoms with Crippen molar-refractivity contribution in [3.63, 3.8) is 0 Å². The summed E-state index contributed by atoms with van der Waals surface area (Å²) < 4.78 is 31.4. The van der Waals surface area contributed by atoms with E-state index in [0.717, 1.165) is 0 Å². The Bertz CT molecular complexity index is 886. The Morgan fingerprint density at radius 3 is 2.39 bits per heavy atom. The Morgan fingerprint density at radius 2 is 1.70 bits per heavy atom. The van der Waals surface area contributed by atoms with Gasteiger partial charge in [-0.3, -0.25) is 4.79 Å². The molecule has 3 rings (SSSR count). The van der Waals surface area contributed by atoms with Crippen LogP contribution in [0.4, 0.5) is 0 Å². The normalized spacial score (nSPS) is 14.0. The summed E-state index contributed by atoms with van der Waals surface area (Å²) >= 11 is 0. The molecule has 5 nitrogen and oxygen atoms in total. The first-order valence-electron chi connectivity index (χ1n) is 7.03. The topological polar surface area (TPSA) is 72.5 Å². The lowest BCUT2D eigenvalue weighted by Gasteiger charge is -2.24. The molecule has 2 aromatic rings. The van der Waals surface area contributed by atoms with Crippen LogP contribution in [0.2, 0.25) is 0 Å².